The maximum Gasteiger partial charge on any atom is 0.260 e. The van der Waals surface area contributed by atoms with Crippen molar-refractivity contribution in [3.8, 4) is 5.75 Å². The van der Waals surface area contributed by atoms with Crippen molar-refractivity contribution in [1.82, 2.24) is 10.3 Å². The molecule has 0 saturated carbocycles. The van der Waals surface area contributed by atoms with E-state index in [1.54, 1.807) is 19.1 Å². The third-order valence-corrected chi connectivity index (χ3v) is 2.39. The lowest BCUT2D eigenvalue weighted by Gasteiger charge is -2.14. The van der Waals surface area contributed by atoms with Gasteiger partial charge in [0.25, 0.3) is 5.91 Å². The van der Waals surface area contributed by atoms with E-state index in [4.69, 9.17) is 4.74 Å². The number of carbonyl (C=O) groups is 2. The highest BCUT2D eigenvalue weighted by molar-refractivity contribution is 5.80. The van der Waals surface area contributed by atoms with Gasteiger partial charge in [-0.3, -0.25) is 9.59 Å². The lowest BCUT2D eigenvalue weighted by Crippen LogP contribution is -2.36. The smallest absolute Gasteiger partial charge is 0.260 e. The first kappa shape index (κ1) is 14.2. The van der Waals surface area contributed by atoms with E-state index in [1.165, 1.54) is 6.20 Å². The topological polar surface area (TPSA) is 68.3 Å². The number of carbonyl (C=O) groups excluding carboxylic acids is 2. The summed E-state index contributed by atoms with van der Waals surface area (Å²) in [5.41, 5.74) is 0.336. The number of rotatable bonds is 7. The van der Waals surface area contributed by atoms with Crippen molar-refractivity contribution >= 4 is 12.2 Å². The van der Waals surface area contributed by atoms with Gasteiger partial charge in [-0.1, -0.05) is 13.3 Å². The predicted octanol–water partition coefficient (Wildman–Crippen LogP) is 1.58. The van der Waals surface area contributed by atoms with Crippen LogP contribution in [0.4, 0.5) is 0 Å². The van der Waals surface area contributed by atoms with Crippen LogP contribution in [0.1, 0.15) is 37.2 Å². The molecular formula is C13H18N2O3. The van der Waals surface area contributed by atoms with Gasteiger partial charge < -0.3 is 10.1 Å². The Morgan fingerprint density at radius 2 is 2.33 bits per heavy atom. The Kier molecular flexibility index (Phi) is 5.84. The minimum atomic E-state index is -0.578. The molecule has 0 spiro atoms. The quantitative estimate of drug-likeness (QED) is 0.589. The molecule has 5 nitrogen and oxygen atoms in total. The molecule has 5 heteroatoms. The number of amides is 1. The molecular weight excluding hydrogens is 232 g/mol. The monoisotopic (exact) mass is 250 g/mol. The zero-order chi connectivity index (χ0) is 13.4. The van der Waals surface area contributed by atoms with Crippen molar-refractivity contribution in [3.63, 3.8) is 0 Å². The Balaban J connectivity index is 2.44. The van der Waals surface area contributed by atoms with Gasteiger partial charge in [-0.25, -0.2) is 4.98 Å². The maximum absolute atomic E-state index is 11.6. The highest BCUT2D eigenvalue weighted by Gasteiger charge is 2.13. The number of aromatic nitrogens is 1. The van der Waals surface area contributed by atoms with Crippen LogP contribution in [0, 0.1) is 0 Å². The first-order valence-electron chi connectivity index (χ1n) is 6.03. The second-order valence-corrected chi connectivity index (χ2v) is 3.94. The summed E-state index contributed by atoms with van der Waals surface area (Å²) in [5, 5.41) is 2.79. The normalized spacial score (nSPS) is 11.7. The fourth-order valence-corrected chi connectivity index (χ4v) is 1.32. The SMILES string of the molecule is CCCCNC(=O)C(C)Oc1ccc(C=O)nc1. The van der Waals surface area contributed by atoms with Crippen LogP contribution in [0.15, 0.2) is 18.3 Å². The lowest BCUT2D eigenvalue weighted by molar-refractivity contribution is -0.127. The summed E-state index contributed by atoms with van der Waals surface area (Å²) in [4.78, 5) is 25.9. The fraction of sp³-hybridized carbons (Fsp3) is 0.462. The molecule has 1 aromatic heterocycles. The summed E-state index contributed by atoms with van der Waals surface area (Å²) in [6, 6.07) is 3.16. The Bertz CT molecular complexity index is 390. The average molecular weight is 250 g/mol. The van der Waals surface area contributed by atoms with Crippen LogP contribution in [-0.2, 0) is 4.79 Å². The van der Waals surface area contributed by atoms with E-state index in [-0.39, 0.29) is 5.91 Å². The predicted molar refractivity (Wildman–Crippen MR) is 67.6 cm³/mol. The molecule has 1 rings (SSSR count). The maximum atomic E-state index is 11.6. The molecule has 0 aliphatic heterocycles. The van der Waals surface area contributed by atoms with Crippen LogP contribution < -0.4 is 10.1 Å². The largest absolute Gasteiger partial charge is 0.479 e. The minimum Gasteiger partial charge on any atom is -0.479 e. The second kappa shape index (κ2) is 7.42. The number of hydrogen-bond acceptors (Lipinski definition) is 4. The van der Waals surface area contributed by atoms with Gasteiger partial charge in [0, 0.05) is 6.54 Å². The molecule has 1 heterocycles. The molecule has 0 aliphatic carbocycles. The van der Waals surface area contributed by atoms with E-state index in [9.17, 15) is 9.59 Å². The Labute approximate surface area is 107 Å². The molecule has 0 radical (unpaired) electrons. The Morgan fingerprint density at radius 3 is 2.89 bits per heavy atom. The minimum absolute atomic E-state index is 0.150. The van der Waals surface area contributed by atoms with Crippen molar-refractivity contribution in [2.24, 2.45) is 0 Å². The van der Waals surface area contributed by atoms with Crippen molar-refractivity contribution in [3.05, 3.63) is 24.0 Å². The van der Waals surface area contributed by atoms with E-state index in [1.807, 2.05) is 0 Å². The summed E-state index contributed by atoms with van der Waals surface area (Å²) >= 11 is 0. The summed E-state index contributed by atoms with van der Waals surface area (Å²) in [6.45, 7) is 4.40. The van der Waals surface area contributed by atoms with Crippen LogP contribution >= 0.6 is 0 Å². The first-order valence-corrected chi connectivity index (χ1v) is 6.03. The van der Waals surface area contributed by atoms with Crippen LogP contribution in [0.3, 0.4) is 0 Å². The van der Waals surface area contributed by atoms with Crippen molar-refractivity contribution in [2.45, 2.75) is 32.8 Å². The zero-order valence-corrected chi connectivity index (χ0v) is 10.7. The molecule has 1 amide bonds. The third-order valence-electron chi connectivity index (χ3n) is 2.39. The van der Waals surface area contributed by atoms with Gasteiger partial charge in [-0.2, -0.15) is 0 Å². The molecule has 1 unspecified atom stereocenters. The Hall–Kier alpha value is -1.91. The number of aldehydes is 1. The molecule has 18 heavy (non-hydrogen) atoms. The van der Waals surface area contributed by atoms with Gasteiger partial charge in [0.15, 0.2) is 12.4 Å². The molecule has 98 valence electrons. The lowest BCUT2D eigenvalue weighted by atomic mass is 10.3. The molecule has 0 fully saturated rings. The van der Waals surface area contributed by atoms with Gasteiger partial charge in [0.05, 0.1) is 6.20 Å². The number of nitrogens with one attached hydrogen (secondary N) is 1. The summed E-state index contributed by atoms with van der Waals surface area (Å²) in [7, 11) is 0. The fourth-order valence-electron chi connectivity index (χ4n) is 1.32. The number of nitrogens with zero attached hydrogens (tertiary/aromatic N) is 1. The number of ether oxygens (including phenoxy) is 1. The van der Waals surface area contributed by atoms with Crippen molar-refractivity contribution < 1.29 is 14.3 Å². The molecule has 0 saturated heterocycles. The number of hydrogen-bond donors (Lipinski definition) is 1. The van der Waals surface area contributed by atoms with Gasteiger partial charge in [-0.15, -0.1) is 0 Å². The molecule has 1 N–H and O–H groups in total. The summed E-state index contributed by atoms with van der Waals surface area (Å²) < 4.78 is 5.42. The number of pyridine rings is 1. The van der Waals surface area contributed by atoms with Crippen LogP contribution in [0.5, 0.6) is 5.75 Å². The molecule has 0 aliphatic rings. The van der Waals surface area contributed by atoms with E-state index < -0.39 is 6.10 Å². The summed E-state index contributed by atoms with van der Waals surface area (Å²) in [6.07, 6.45) is 3.50. The molecule has 1 aromatic rings. The highest BCUT2D eigenvalue weighted by atomic mass is 16.5. The van der Waals surface area contributed by atoms with E-state index in [2.05, 4.69) is 17.2 Å². The first-order chi connectivity index (χ1) is 8.67. The van der Waals surface area contributed by atoms with Crippen LogP contribution in [0.25, 0.3) is 0 Å². The van der Waals surface area contributed by atoms with E-state index in [0.717, 1.165) is 12.8 Å². The van der Waals surface area contributed by atoms with Crippen LogP contribution in [0.2, 0.25) is 0 Å². The van der Waals surface area contributed by atoms with Gasteiger partial charge >= 0.3 is 0 Å². The molecule has 0 bridgehead atoms. The van der Waals surface area contributed by atoms with Gasteiger partial charge in [-0.05, 0) is 25.5 Å². The zero-order valence-electron chi connectivity index (χ0n) is 10.7. The molecule has 1 atom stereocenters. The summed E-state index contributed by atoms with van der Waals surface area (Å²) in [5.74, 6) is 0.321. The third kappa shape index (κ3) is 4.53. The highest BCUT2D eigenvalue weighted by Crippen LogP contribution is 2.10. The number of unbranched alkanes of at least 4 members (excludes halogenated alkanes) is 1. The van der Waals surface area contributed by atoms with Gasteiger partial charge in [0.1, 0.15) is 11.4 Å². The van der Waals surface area contributed by atoms with Gasteiger partial charge in [0.2, 0.25) is 0 Å². The standard InChI is InChI=1S/C13H18N2O3/c1-3-4-7-14-13(17)10(2)18-12-6-5-11(9-16)15-8-12/h5-6,8-10H,3-4,7H2,1-2H3,(H,14,17). The second-order valence-electron chi connectivity index (χ2n) is 3.94. The average Bonchev–Trinajstić information content (AvgIpc) is 2.39. The van der Waals surface area contributed by atoms with E-state index >= 15 is 0 Å². The van der Waals surface area contributed by atoms with Crippen LogP contribution in [-0.4, -0.2) is 29.8 Å². The van der Waals surface area contributed by atoms with Crippen molar-refractivity contribution in [1.29, 1.82) is 0 Å². The molecule has 0 aromatic carbocycles. The van der Waals surface area contributed by atoms with Crippen molar-refractivity contribution in [2.75, 3.05) is 6.54 Å². The Morgan fingerprint density at radius 1 is 1.56 bits per heavy atom. The van der Waals surface area contributed by atoms with E-state index in [0.29, 0.717) is 24.3 Å².